The minimum absolute atomic E-state index is 0.0159. The van der Waals surface area contributed by atoms with Gasteiger partial charge in [0.05, 0.1) is 34.9 Å². The first-order valence-electron chi connectivity index (χ1n) is 8.69. The number of methoxy groups -OCH3 is 1. The van der Waals surface area contributed by atoms with E-state index in [4.69, 9.17) is 4.74 Å². The summed E-state index contributed by atoms with van der Waals surface area (Å²) in [5, 5.41) is 17.2. The van der Waals surface area contributed by atoms with Gasteiger partial charge in [0.25, 0.3) is 18.5 Å². The molecule has 9 nitrogen and oxygen atoms in total. The number of hydrogen-bond donors (Lipinski definition) is 1. The summed E-state index contributed by atoms with van der Waals surface area (Å²) in [6.07, 6.45) is -6.14. The quantitative estimate of drug-likeness (QED) is 0.335. The first-order valence-corrected chi connectivity index (χ1v) is 8.69. The van der Waals surface area contributed by atoms with Crippen molar-refractivity contribution in [3.05, 3.63) is 51.3 Å². The number of anilines is 1. The lowest BCUT2D eigenvalue weighted by Crippen LogP contribution is -2.20. The number of amides is 1. The van der Waals surface area contributed by atoms with E-state index in [1.54, 1.807) is 0 Å². The topological polar surface area (TPSA) is 112 Å². The van der Waals surface area contributed by atoms with E-state index in [0.717, 1.165) is 16.8 Å². The molecule has 13 heteroatoms. The summed E-state index contributed by atoms with van der Waals surface area (Å²) in [4.78, 5) is 26.4. The summed E-state index contributed by atoms with van der Waals surface area (Å²) >= 11 is 0. The number of alkyl halides is 4. The van der Waals surface area contributed by atoms with E-state index in [9.17, 15) is 32.5 Å². The number of aryl methyl sites for hydroxylation is 1. The third-order valence-electron chi connectivity index (χ3n) is 4.35. The molecule has 0 saturated carbocycles. The lowest BCUT2D eigenvalue weighted by Gasteiger charge is -2.11. The van der Waals surface area contributed by atoms with E-state index in [1.165, 1.54) is 20.1 Å². The van der Waals surface area contributed by atoms with Crippen molar-refractivity contribution in [1.29, 1.82) is 0 Å². The lowest BCUT2D eigenvalue weighted by molar-refractivity contribution is -0.384. The van der Waals surface area contributed by atoms with E-state index < -0.39 is 41.5 Å². The number of fused-ring (bicyclic) bond motifs is 1. The number of aromatic nitrogens is 3. The average Bonchev–Trinajstić information content (AvgIpc) is 3.02. The first-order chi connectivity index (χ1) is 14.6. The highest BCUT2D eigenvalue weighted by molar-refractivity contribution is 5.93. The van der Waals surface area contributed by atoms with Crippen molar-refractivity contribution in [3.63, 3.8) is 0 Å². The third kappa shape index (κ3) is 4.39. The SMILES string of the molecule is COc1cc([N+](=O)[O-])ccc1NC(=O)Cn1nc(C)c2c(C(F)F)cc(C(F)F)nc21. The molecule has 1 amide bonds. The van der Waals surface area contributed by atoms with E-state index in [0.29, 0.717) is 6.07 Å². The van der Waals surface area contributed by atoms with Gasteiger partial charge in [0.15, 0.2) is 5.65 Å². The molecule has 164 valence electrons. The number of hydrogen-bond acceptors (Lipinski definition) is 6. The molecule has 1 aromatic carbocycles. The average molecular weight is 441 g/mol. The highest BCUT2D eigenvalue weighted by Crippen LogP contribution is 2.33. The lowest BCUT2D eigenvalue weighted by atomic mass is 10.1. The Morgan fingerprint density at radius 3 is 2.55 bits per heavy atom. The summed E-state index contributed by atoms with van der Waals surface area (Å²) in [6, 6.07) is 4.13. The number of nitrogens with zero attached hydrogens (tertiary/aromatic N) is 4. The molecule has 0 saturated heterocycles. The van der Waals surface area contributed by atoms with E-state index in [-0.39, 0.29) is 33.9 Å². The molecule has 0 bridgehead atoms. The Morgan fingerprint density at radius 2 is 1.97 bits per heavy atom. The Labute approximate surface area is 171 Å². The summed E-state index contributed by atoms with van der Waals surface area (Å²) in [5.41, 5.74) is -1.84. The number of halogens is 4. The van der Waals surface area contributed by atoms with Gasteiger partial charge in [-0.3, -0.25) is 14.9 Å². The summed E-state index contributed by atoms with van der Waals surface area (Å²) in [6.45, 7) is 0.860. The van der Waals surface area contributed by atoms with E-state index in [1.807, 2.05) is 0 Å². The van der Waals surface area contributed by atoms with Gasteiger partial charge in [-0.2, -0.15) is 5.10 Å². The van der Waals surface area contributed by atoms with Crippen LogP contribution in [0.5, 0.6) is 5.75 Å². The molecule has 31 heavy (non-hydrogen) atoms. The Bertz CT molecular complexity index is 1170. The number of rotatable bonds is 7. The minimum Gasteiger partial charge on any atom is -0.494 e. The predicted octanol–water partition coefficient (Wildman–Crippen LogP) is 4.17. The van der Waals surface area contributed by atoms with Crippen molar-refractivity contribution in [3.8, 4) is 5.75 Å². The zero-order valence-corrected chi connectivity index (χ0v) is 16.1. The molecule has 2 aromatic heterocycles. The Balaban J connectivity index is 1.95. The number of carbonyl (C=O) groups is 1. The third-order valence-corrected chi connectivity index (χ3v) is 4.35. The van der Waals surface area contributed by atoms with Crippen LogP contribution in [-0.2, 0) is 11.3 Å². The van der Waals surface area contributed by atoms with Gasteiger partial charge in [-0.15, -0.1) is 0 Å². The Morgan fingerprint density at radius 1 is 1.26 bits per heavy atom. The molecular weight excluding hydrogens is 426 g/mol. The second-order valence-electron chi connectivity index (χ2n) is 6.37. The van der Waals surface area contributed by atoms with Crippen LogP contribution in [0.15, 0.2) is 24.3 Å². The molecule has 0 spiro atoms. The first kappa shape index (κ1) is 21.9. The normalized spacial score (nSPS) is 11.4. The van der Waals surface area contributed by atoms with Crippen LogP contribution in [-0.4, -0.2) is 32.7 Å². The molecule has 0 aliphatic heterocycles. The van der Waals surface area contributed by atoms with E-state index in [2.05, 4.69) is 15.4 Å². The van der Waals surface area contributed by atoms with Crippen LogP contribution < -0.4 is 10.1 Å². The largest absolute Gasteiger partial charge is 0.494 e. The molecule has 0 fully saturated rings. The number of nitrogens with one attached hydrogen (secondary N) is 1. The van der Waals surface area contributed by atoms with Gasteiger partial charge in [0, 0.05) is 11.6 Å². The maximum atomic E-state index is 13.4. The maximum absolute atomic E-state index is 13.4. The molecule has 2 heterocycles. The summed E-state index contributed by atoms with van der Waals surface area (Å²) < 4.78 is 59.0. The van der Waals surface area contributed by atoms with Gasteiger partial charge in [-0.25, -0.2) is 27.2 Å². The molecule has 3 aromatic rings. The molecule has 0 aliphatic carbocycles. The van der Waals surface area contributed by atoms with Crippen molar-refractivity contribution in [2.75, 3.05) is 12.4 Å². The van der Waals surface area contributed by atoms with E-state index >= 15 is 0 Å². The summed E-state index contributed by atoms with van der Waals surface area (Å²) in [5.74, 6) is -0.693. The van der Waals surface area contributed by atoms with Crippen molar-refractivity contribution in [2.24, 2.45) is 0 Å². The molecular formula is C18H15F4N5O4. The molecule has 0 aliphatic rings. The number of nitro groups is 1. The number of nitro benzene ring substituents is 1. The van der Waals surface area contributed by atoms with Crippen LogP contribution in [0, 0.1) is 17.0 Å². The predicted molar refractivity (Wildman–Crippen MR) is 100 cm³/mol. The highest BCUT2D eigenvalue weighted by Gasteiger charge is 2.24. The highest BCUT2D eigenvalue weighted by atomic mass is 19.3. The molecule has 1 N–H and O–H groups in total. The van der Waals surface area contributed by atoms with Crippen LogP contribution in [0.4, 0.5) is 28.9 Å². The Hall–Kier alpha value is -3.77. The van der Waals surface area contributed by atoms with Gasteiger partial charge in [-0.1, -0.05) is 0 Å². The number of pyridine rings is 1. The fourth-order valence-corrected chi connectivity index (χ4v) is 3.02. The van der Waals surface area contributed by atoms with Crippen molar-refractivity contribution < 1.29 is 32.0 Å². The molecule has 0 atom stereocenters. The minimum atomic E-state index is -3.09. The van der Waals surface area contributed by atoms with Crippen molar-refractivity contribution in [2.45, 2.75) is 26.3 Å². The molecule has 0 radical (unpaired) electrons. The van der Waals surface area contributed by atoms with Crippen LogP contribution in [0.1, 0.15) is 29.8 Å². The summed E-state index contributed by atoms with van der Waals surface area (Å²) in [7, 11) is 1.25. The van der Waals surface area contributed by atoms with Crippen LogP contribution in [0.3, 0.4) is 0 Å². The Kier molecular flexibility index (Phi) is 6.04. The van der Waals surface area contributed by atoms with Crippen molar-refractivity contribution in [1.82, 2.24) is 14.8 Å². The number of non-ortho nitro benzene ring substituents is 1. The smallest absolute Gasteiger partial charge is 0.280 e. The van der Waals surface area contributed by atoms with Crippen molar-refractivity contribution >= 4 is 28.3 Å². The van der Waals surface area contributed by atoms with Crippen LogP contribution in [0.2, 0.25) is 0 Å². The van der Waals surface area contributed by atoms with Gasteiger partial charge < -0.3 is 10.1 Å². The fraction of sp³-hybridized carbons (Fsp3) is 0.278. The monoisotopic (exact) mass is 441 g/mol. The van der Waals surface area contributed by atoms with Crippen LogP contribution in [0.25, 0.3) is 11.0 Å². The van der Waals surface area contributed by atoms with Gasteiger partial charge in [0.2, 0.25) is 5.91 Å². The standard InChI is InChI=1S/C18H15F4N5O4/c1-8-15-10(16(19)20)6-12(17(21)22)24-18(15)26(25-8)7-14(28)23-11-4-3-9(27(29)30)5-13(11)31-2/h3-6,16-17H,7H2,1-2H3,(H,23,28). The maximum Gasteiger partial charge on any atom is 0.280 e. The number of carbonyl (C=O) groups excluding carboxylic acids is 1. The van der Waals surface area contributed by atoms with Gasteiger partial charge >= 0.3 is 0 Å². The fourth-order valence-electron chi connectivity index (χ4n) is 3.02. The van der Waals surface area contributed by atoms with Gasteiger partial charge in [-0.05, 0) is 19.1 Å². The molecule has 3 rings (SSSR count). The second-order valence-corrected chi connectivity index (χ2v) is 6.37. The zero-order valence-electron chi connectivity index (χ0n) is 16.1. The molecule has 0 unspecified atom stereocenters. The zero-order chi connectivity index (χ0) is 22.9. The number of ether oxygens (including phenoxy) is 1. The second kappa shape index (κ2) is 8.53. The van der Waals surface area contributed by atoms with Crippen LogP contribution >= 0.6 is 0 Å². The van der Waals surface area contributed by atoms with Gasteiger partial charge in [0.1, 0.15) is 18.0 Å². The number of benzene rings is 1.